The Morgan fingerprint density at radius 1 is 1.13 bits per heavy atom. The Hall–Kier alpha value is -2.53. The van der Waals surface area contributed by atoms with E-state index < -0.39 is 5.97 Å². The molecule has 0 bridgehead atoms. The first-order chi connectivity index (χ1) is 11.2. The van der Waals surface area contributed by atoms with E-state index in [-0.39, 0.29) is 6.42 Å². The van der Waals surface area contributed by atoms with Crippen LogP contribution >= 0.6 is 11.8 Å². The number of carbonyl (C=O) groups is 1. The van der Waals surface area contributed by atoms with E-state index in [1.165, 1.54) is 11.8 Å². The molecule has 5 heteroatoms. The zero-order chi connectivity index (χ0) is 15.8. The molecule has 0 aliphatic carbocycles. The van der Waals surface area contributed by atoms with Crippen LogP contribution in [0.1, 0.15) is 17.5 Å². The second-order valence-corrected chi connectivity index (χ2v) is 6.48. The summed E-state index contributed by atoms with van der Waals surface area (Å²) in [5, 5.41) is 10.1. The highest BCUT2D eigenvalue weighted by Gasteiger charge is 2.34. The van der Waals surface area contributed by atoms with Gasteiger partial charge in [-0.15, -0.1) is 0 Å². The summed E-state index contributed by atoms with van der Waals surface area (Å²) >= 11 is 1.46. The van der Waals surface area contributed by atoms with Crippen molar-refractivity contribution in [3.8, 4) is 0 Å². The lowest BCUT2D eigenvalue weighted by atomic mass is 10.1. The Kier molecular flexibility index (Phi) is 3.42. The summed E-state index contributed by atoms with van der Waals surface area (Å²) in [4.78, 5) is 18.9. The minimum Gasteiger partial charge on any atom is -0.481 e. The molecule has 0 radical (unpaired) electrons. The number of hydrogen-bond acceptors (Lipinski definition) is 4. The lowest BCUT2D eigenvalue weighted by molar-refractivity contribution is -0.136. The summed E-state index contributed by atoms with van der Waals surface area (Å²) < 4.78 is 0. The third-order valence-corrected chi connectivity index (χ3v) is 4.95. The van der Waals surface area contributed by atoms with Crippen LogP contribution in [0.25, 0.3) is 5.70 Å². The minimum absolute atomic E-state index is 0.0146. The first-order valence-electron chi connectivity index (χ1n) is 7.35. The van der Waals surface area contributed by atoms with Gasteiger partial charge in [0.1, 0.15) is 0 Å². The fourth-order valence-corrected chi connectivity index (χ4v) is 4.04. The highest BCUT2D eigenvalue weighted by Crippen LogP contribution is 2.46. The van der Waals surface area contributed by atoms with E-state index in [0.29, 0.717) is 0 Å². The van der Waals surface area contributed by atoms with Gasteiger partial charge in [0, 0.05) is 4.91 Å². The molecule has 0 fully saturated rings. The molecule has 0 saturated heterocycles. The van der Waals surface area contributed by atoms with Crippen molar-refractivity contribution < 1.29 is 9.90 Å². The van der Waals surface area contributed by atoms with Gasteiger partial charge in [-0.25, -0.2) is 4.99 Å². The van der Waals surface area contributed by atoms with Gasteiger partial charge in [0.05, 0.1) is 24.4 Å². The second kappa shape index (κ2) is 5.59. The van der Waals surface area contributed by atoms with Crippen LogP contribution in [0, 0.1) is 0 Å². The van der Waals surface area contributed by atoms with Gasteiger partial charge in [-0.05, 0) is 17.2 Å². The molecule has 4 nitrogen and oxygen atoms in total. The van der Waals surface area contributed by atoms with E-state index in [0.717, 1.165) is 39.1 Å². The molecule has 0 amide bonds. The normalized spacial score (nSPS) is 16.0. The first kappa shape index (κ1) is 14.1. The number of hydrogen-bond donors (Lipinski definition) is 1. The van der Waals surface area contributed by atoms with Crippen molar-refractivity contribution in [2.75, 3.05) is 0 Å². The molecule has 0 unspecified atom stereocenters. The van der Waals surface area contributed by atoms with E-state index in [9.17, 15) is 9.90 Å². The van der Waals surface area contributed by atoms with E-state index >= 15 is 0 Å². The van der Waals surface area contributed by atoms with Crippen molar-refractivity contribution >= 4 is 34.3 Å². The molecule has 2 aromatic rings. The van der Waals surface area contributed by atoms with Gasteiger partial charge >= 0.3 is 5.97 Å². The minimum atomic E-state index is -0.820. The monoisotopic (exact) mass is 322 g/mol. The Morgan fingerprint density at radius 3 is 2.65 bits per heavy atom. The predicted molar refractivity (Wildman–Crippen MR) is 92.3 cm³/mol. The molecule has 2 aliphatic heterocycles. The van der Waals surface area contributed by atoms with E-state index in [1.807, 2.05) is 48.5 Å². The average Bonchev–Trinajstić information content (AvgIpc) is 2.89. The summed E-state index contributed by atoms with van der Waals surface area (Å²) in [7, 11) is 0. The smallest absolute Gasteiger partial charge is 0.308 e. The van der Waals surface area contributed by atoms with Crippen LogP contribution in [0.3, 0.4) is 0 Å². The molecule has 2 heterocycles. The number of nitrogens with zero attached hydrogens (tertiary/aromatic N) is 2. The van der Waals surface area contributed by atoms with E-state index in [1.54, 1.807) is 0 Å². The molecular weight excluding hydrogens is 308 g/mol. The van der Waals surface area contributed by atoms with Crippen LogP contribution in [0.5, 0.6) is 0 Å². The van der Waals surface area contributed by atoms with Gasteiger partial charge in [0.15, 0.2) is 5.17 Å². The van der Waals surface area contributed by atoms with Crippen molar-refractivity contribution in [3.05, 3.63) is 70.6 Å². The van der Waals surface area contributed by atoms with Gasteiger partial charge in [-0.2, -0.15) is 0 Å². The van der Waals surface area contributed by atoms with Gasteiger partial charge in [0.2, 0.25) is 0 Å². The van der Waals surface area contributed by atoms with Crippen molar-refractivity contribution in [3.63, 3.8) is 0 Å². The van der Waals surface area contributed by atoms with Crippen LogP contribution in [-0.2, 0) is 11.3 Å². The molecule has 23 heavy (non-hydrogen) atoms. The molecule has 4 rings (SSSR count). The maximum absolute atomic E-state index is 11.3. The van der Waals surface area contributed by atoms with Crippen molar-refractivity contribution in [2.24, 2.45) is 4.99 Å². The van der Waals surface area contributed by atoms with Crippen LogP contribution in [0.15, 0.2) is 64.5 Å². The van der Waals surface area contributed by atoms with Crippen LogP contribution < -0.4 is 0 Å². The zero-order valence-corrected chi connectivity index (χ0v) is 13.1. The summed E-state index contributed by atoms with van der Waals surface area (Å²) in [5.74, 6) is -0.820. The van der Waals surface area contributed by atoms with E-state index in [4.69, 9.17) is 4.99 Å². The van der Waals surface area contributed by atoms with Gasteiger partial charge in [0.25, 0.3) is 0 Å². The topological polar surface area (TPSA) is 52.9 Å². The summed E-state index contributed by atoms with van der Waals surface area (Å²) in [5.41, 5.74) is 4.11. The number of thioether (sulfide) groups is 1. The molecule has 114 valence electrons. The summed E-state index contributed by atoms with van der Waals surface area (Å²) in [6.07, 6.45) is 0.0146. The maximum Gasteiger partial charge on any atom is 0.308 e. The van der Waals surface area contributed by atoms with Crippen LogP contribution in [-0.4, -0.2) is 21.1 Å². The Bertz CT molecular complexity index is 843. The third kappa shape index (κ3) is 2.53. The van der Waals surface area contributed by atoms with Gasteiger partial charge in [-0.1, -0.05) is 60.3 Å². The number of rotatable bonds is 3. The Morgan fingerprint density at radius 2 is 1.87 bits per heavy atom. The molecule has 0 saturated carbocycles. The number of para-hydroxylation sites is 1. The quantitative estimate of drug-likeness (QED) is 0.925. The average molecular weight is 322 g/mol. The fourth-order valence-electron chi connectivity index (χ4n) is 2.89. The predicted octanol–water partition coefficient (Wildman–Crippen LogP) is 4.08. The molecular formula is C18H14N2O2S. The largest absolute Gasteiger partial charge is 0.481 e. The van der Waals surface area contributed by atoms with Crippen LogP contribution in [0.2, 0.25) is 0 Å². The Labute approximate surface area is 138 Å². The highest BCUT2D eigenvalue weighted by atomic mass is 32.2. The number of carboxylic acids is 1. The number of benzene rings is 2. The van der Waals surface area contributed by atoms with E-state index in [2.05, 4.69) is 11.0 Å². The molecule has 0 atom stereocenters. The van der Waals surface area contributed by atoms with Crippen LogP contribution in [0.4, 0.5) is 5.69 Å². The number of fused-ring (bicyclic) bond motifs is 2. The van der Waals surface area contributed by atoms with Crippen molar-refractivity contribution in [1.29, 1.82) is 0 Å². The van der Waals surface area contributed by atoms with Crippen molar-refractivity contribution in [2.45, 2.75) is 13.0 Å². The number of amidine groups is 1. The lowest BCUT2D eigenvalue weighted by Gasteiger charge is -2.27. The SMILES string of the molecule is O=C(O)CC1=C(c2ccccc2)N2Cc3ccccc3N=C2S1. The number of carboxylic acid groups (broad SMARTS) is 1. The Balaban J connectivity index is 1.81. The molecule has 2 aromatic carbocycles. The zero-order valence-electron chi connectivity index (χ0n) is 12.3. The second-order valence-electron chi connectivity index (χ2n) is 5.42. The molecule has 2 aliphatic rings. The first-order valence-corrected chi connectivity index (χ1v) is 8.16. The summed E-state index contributed by atoms with van der Waals surface area (Å²) in [6.45, 7) is 0.718. The molecule has 1 N–H and O–H groups in total. The summed E-state index contributed by atoms with van der Waals surface area (Å²) in [6, 6.07) is 18.0. The lowest BCUT2D eigenvalue weighted by Crippen LogP contribution is -2.25. The number of aliphatic imine (C=N–C) groups is 1. The standard InChI is InChI=1S/C18H14N2O2S/c21-16(22)10-15-17(12-6-2-1-3-7-12)20-11-13-8-4-5-9-14(13)19-18(20)23-15/h1-9H,10-11H2,(H,21,22). The van der Waals surface area contributed by atoms with Gasteiger partial charge in [-0.3, -0.25) is 4.79 Å². The molecule has 0 aromatic heterocycles. The van der Waals surface area contributed by atoms with Gasteiger partial charge < -0.3 is 10.0 Å². The maximum atomic E-state index is 11.3. The van der Waals surface area contributed by atoms with Crippen molar-refractivity contribution in [1.82, 2.24) is 4.90 Å². The third-order valence-electron chi connectivity index (χ3n) is 3.87. The molecule has 0 spiro atoms. The number of aliphatic carboxylic acids is 1. The fraction of sp³-hybridized carbons (Fsp3) is 0.111. The highest BCUT2D eigenvalue weighted by molar-refractivity contribution is 8.17.